The number of carboxylic acid groups (broad SMARTS) is 1. The first kappa shape index (κ1) is 10.6. The number of hydrogen-bond donors (Lipinski definition) is 2. The fourth-order valence-corrected chi connectivity index (χ4v) is 1.74. The zero-order valence-electron chi connectivity index (χ0n) is 7.98. The fraction of sp³-hybridized carbons (Fsp3) is 0. The number of aromatic nitrogens is 1. The van der Waals surface area contributed by atoms with E-state index in [0.29, 0.717) is 10.8 Å². The Hall–Kier alpha value is -1.95. The average molecular weight is 238 g/mol. The van der Waals surface area contributed by atoms with Crippen molar-refractivity contribution in [2.45, 2.75) is 0 Å². The molecule has 1 heterocycles. The standard InChI is InChI=1S/C10H7FN2O2S/c11-6-1-2-8(7(5-6)9(14)15)13-10-12-3-4-16-10/h1-5H,(H,12,13)(H,14,15). The van der Waals surface area contributed by atoms with Crippen molar-refractivity contribution in [2.24, 2.45) is 0 Å². The molecule has 1 aromatic heterocycles. The summed E-state index contributed by atoms with van der Waals surface area (Å²) in [5.74, 6) is -1.76. The molecule has 4 nitrogen and oxygen atoms in total. The highest BCUT2D eigenvalue weighted by atomic mass is 32.1. The van der Waals surface area contributed by atoms with E-state index in [-0.39, 0.29) is 5.56 Å². The van der Waals surface area contributed by atoms with Crippen molar-refractivity contribution in [1.82, 2.24) is 4.98 Å². The van der Waals surface area contributed by atoms with Crippen LogP contribution in [0.4, 0.5) is 15.2 Å². The van der Waals surface area contributed by atoms with Gasteiger partial charge in [0.05, 0.1) is 11.3 Å². The Morgan fingerprint density at radius 3 is 2.94 bits per heavy atom. The normalized spacial score (nSPS) is 10.1. The summed E-state index contributed by atoms with van der Waals surface area (Å²) >= 11 is 1.33. The number of rotatable bonds is 3. The minimum Gasteiger partial charge on any atom is -0.478 e. The summed E-state index contributed by atoms with van der Waals surface area (Å²) < 4.78 is 12.9. The van der Waals surface area contributed by atoms with E-state index in [2.05, 4.69) is 10.3 Å². The number of nitrogens with zero attached hydrogens (tertiary/aromatic N) is 1. The molecule has 1 aromatic carbocycles. The highest BCUT2D eigenvalue weighted by Gasteiger charge is 2.11. The smallest absolute Gasteiger partial charge is 0.337 e. The summed E-state index contributed by atoms with van der Waals surface area (Å²) in [5.41, 5.74) is 0.207. The number of aromatic carboxylic acids is 1. The van der Waals surface area contributed by atoms with Crippen LogP contribution in [-0.4, -0.2) is 16.1 Å². The molecule has 0 aliphatic carbocycles. The lowest BCUT2D eigenvalue weighted by molar-refractivity contribution is 0.0697. The second-order valence-corrected chi connectivity index (χ2v) is 3.85. The van der Waals surface area contributed by atoms with Crippen LogP contribution in [0.1, 0.15) is 10.4 Å². The number of carboxylic acids is 1. The molecule has 0 unspecified atom stereocenters. The van der Waals surface area contributed by atoms with Gasteiger partial charge in [-0.3, -0.25) is 0 Å². The van der Waals surface area contributed by atoms with Crippen LogP contribution >= 0.6 is 11.3 Å². The molecular weight excluding hydrogens is 231 g/mol. The molecule has 0 aliphatic rings. The number of benzene rings is 1. The molecule has 16 heavy (non-hydrogen) atoms. The molecule has 2 N–H and O–H groups in total. The fourth-order valence-electron chi connectivity index (χ4n) is 1.20. The molecule has 0 amide bonds. The Morgan fingerprint density at radius 1 is 1.50 bits per heavy atom. The zero-order chi connectivity index (χ0) is 11.5. The third-order valence-corrected chi connectivity index (χ3v) is 2.57. The molecule has 0 atom stereocenters. The van der Waals surface area contributed by atoms with Crippen LogP contribution < -0.4 is 5.32 Å². The van der Waals surface area contributed by atoms with Gasteiger partial charge in [-0.25, -0.2) is 14.2 Å². The van der Waals surface area contributed by atoms with Gasteiger partial charge in [0.25, 0.3) is 0 Å². The first-order valence-electron chi connectivity index (χ1n) is 4.36. The monoisotopic (exact) mass is 238 g/mol. The van der Waals surface area contributed by atoms with Crippen molar-refractivity contribution >= 4 is 28.1 Å². The van der Waals surface area contributed by atoms with Gasteiger partial charge in [-0.15, -0.1) is 11.3 Å². The van der Waals surface area contributed by atoms with Crippen LogP contribution in [0, 0.1) is 5.82 Å². The van der Waals surface area contributed by atoms with Crippen molar-refractivity contribution in [2.75, 3.05) is 5.32 Å². The zero-order valence-corrected chi connectivity index (χ0v) is 8.79. The predicted octanol–water partition coefficient (Wildman–Crippen LogP) is 2.72. The van der Waals surface area contributed by atoms with Crippen LogP contribution in [0.5, 0.6) is 0 Å². The van der Waals surface area contributed by atoms with Crippen LogP contribution in [0.2, 0.25) is 0 Å². The van der Waals surface area contributed by atoms with Crippen LogP contribution in [0.15, 0.2) is 29.8 Å². The number of hydrogen-bond acceptors (Lipinski definition) is 4. The van der Waals surface area contributed by atoms with Crippen molar-refractivity contribution in [1.29, 1.82) is 0 Å². The lowest BCUT2D eigenvalue weighted by Crippen LogP contribution is -2.03. The van der Waals surface area contributed by atoms with Gasteiger partial charge in [0, 0.05) is 11.6 Å². The predicted molar refractivity (Wildman–Crippen MR) is 58.8 cm³/mol. The molecule has 2 rings (SSSR count). The SMILES string of the molecule is O=C(O)c1cc(F)ccc1Nc1nccs1. The summed E-state index contributed by atoms with van der Waals surface area (Å²) in [7, 11) is 0. The van der Waals surface area contributed by atoms with E-state index in [4.69, 9.17) is 5.11 Å². The third-order valence-electron chi connectivity index (χ3n) is 1.89. The van der Waals surface area contributed by atoms with Crippen LogP contribution in [0.25, 0.3) is 0 Å². The van der Waals surface area contributed by atoms with E-state index < -0.39 is 11.8 Å². The highest BCUT2D eigenvalue weighted by Crippen LogP contribution is 2.23. The van der Waals surface area contributed by atoms with Gasteiger partial charge in [0.15, 0.2) is 5.13 Å². The Balaban J connectivity index is 2.36. The van der Waals surface area contributed by atoms with Crippen LogP contribution in [-0.2, 0) is 0 Å². The number of anilines is 2. The molecule has 82 valence electrons. The van der Waals surface area contributed by atoms with E-state index in [1.165, 1.54) is 23.5 Å². The summed E-state index contributed by atoms with van der Waals surface area (Å²) in [6.07, 6.45) is 1.59. The summed E-state index contributed by atoms with van der Waals surface area (Å²) in [4.78, 5) is 14.8. The highest BCUT2D eigenvalue weighted by molar-refractivity contribution is 7.13. The molecule has 2 aromatic rings. The minimum atomic E-state index is -1.18. The Bertz CT molecular complexity index is 514. The molecule has 0 bridgehead atoms. The second kappa shape index (κ2) is 4.28. The van der Waals surface area contributed by atoms with Crippen molar-refractivity contribution in [3.63, 3.8) is 0 Å². The largest absolute Gasteiger partial charge is 0.478 e. The Kier molecular flexibility index (Phi) is 2.82. The first-order valence-corrected chi connectivity index (χ1v) is 5.24. The van der Waals surface area contributed by atoms with Crippen molar-refractivity contribution in [3.05, 3.63) is 41.2 Å². The van der Waals surface area contributed by atoms with Gasteiger partial charge >= 0.3 is 5.97 Å². The van der Waals surface area contributed by atoms with Gasteiger partial charge < -0.3 is 10.4 Å². The van der Waals surface area contributed by atoms with E-state index in [0.717, 1.165) is 6.07 Å². The van der Waals surface area contributed by atoms with E-state index >= 15 is 0 Å². The van der Waals surface area contributed by atoms with Gasteiger partial charge in [0.1, 0.15) is 5.82 Å². The topological polar surface area (TPSA) is 62.2 Å². The molecular formula is C10H7FN2O2S. The van der Waals surface area contributed by atoms with Crippen molar-refractivity contribution in [3.8, 4) is 0 Å². The number of carbonyl (C=O) groups is 1. The molecule has 0 spiro atoms. The van der Waals surface area contributed by atoms with E-state index in [1.807, 2.05) is 0 Å². The van der Waals surface area contributed by atoms with Gasteiger partial charge in [-0.1, -0.05) is 0 Å². The maximum Gasteiger partial charge on any atom is 0.337 e. The van der Waals surface area contributed by atoms with E-state index in [1.54, 1.807) is 11.6 Å². The molecule has 0 saturated heterocycles. The molecule has 6 heteroatoms. The number of thiazole rings is 1. The lowest BCUT2D eigenvalue weighted by atomic mass is 10.2. The maximum atomic E-state index is 12.9. The molecule has 0 saturated carbocycles. The summed E-state index contributed by atoms with van der Waals surface area (Å²) in [5, 5.41) is 14.0. The minimum absolute atomic E-state index is 0.116. The molecule has 0 fully saturated rings. The average Bonchev–Trinajstić information content (AvgIpc) is 2.73. The Labute approximate surface area is 94.4 Å². The molecule has 0 aliphatic heterocycles. The maximum absolute atomic E-state index is 12.9. The summed E-state index contributed by atoms with van der Waals surface area (Å²) in [6.45, 7) is 0. The number of nitrogens with one attached hydrogen (secondary N) is 1. The van der Waals surface area contributed by atoms with E-state index in [9.17, 15) is 9.18 Å². The van der Waals surface area contributed by atoms with Crippen molar-refractivity contribution < 1.29 is 14.3 Å². The third kappa shape index (κ3) is 2.17. The Morgan fingerprint density at radius 2 is 2.31 bits per heavy atom. The lowest BCUT2D eigenvalue weighted by Gasteiger charge is -2.06. The first-order chi connectivity index (χ1) is 7.66. The summed E-state index contributed by atoms with van der Waals surface area (Å²) in [6, 6.07) is 3.54. The van der Waals surface area contributed by atoms with Gasteiger partial charge in [-0.2, -0.15) is 0 Å². The number of halogens is 1. The second-order valence-electron chi connectivity index (χ2n) is 2.96. The van der Waals surface area contributed by atoms with Gasteiger partial charge in [0.2, 0.25) is 0 Å². The quantitative estimate of drug-likeness (QED) is 0.863. The van der Waals surface area contributed by atoms with Gasteiger partial charge in [-0.05, 0) is 18.2 Å². The molecule has 0 radical (unpaired) electrons. The van der Waals surface area contributed by atoms with Crippen LogP contribution in [0.3, 0.4) is 0 Å².